The molecule has 2 amide bonds. The molecule has 2 aromatic heterocycles. The monoisotopic (exact) mass is 648 g/mol. The van der Waals surface area contributed by atoms with Crippen molar-refractivity contribution < 1.29 is 24.0 Å². The average molecular weight is 649 g/mol. The van der Waals surface area contributed by atoms with E-state index < -0.39 is 36.0 Å². The normalized spacial score (nSPS) is 18.1. The van der Waals surface area contributed by atoms with Gasteiger partial charge in [0.1, 0.15) is 24.4 Å². The number of allylic oxidation sites excluding steroid dienone is 1. The van der Waals surface area contributed by atoms with Gasteiger partial charge in [0.25, 0.3) is 11.8 Å². The van der Waals surface area contributed by atoms with Crippen molar-refractivity contribution in [3.63, 3.8) is 0 Å². The molecule has 0 radical (unpaired) electrons. The Balaban J connectivity index is 1.29. The maximum Gasteiger partial charge on any atom is 0.356 e. The topological polar surface area (TPSA) is 175 Å². The summed E-state index contributed by atoms with van der Waals surface area (Å²) >= 11 is 3.49. The van der Waals surface area contributed by atoms with Crippen molar-refractivity contribution in [1.29, 1.82) is 0 Å². The standard InChI is InChI=1S/C28H24N8O5S3/c1-40-34-20(23-32-27(29)44-35-23)24(37)31-19-17-12-13-18(43-28-33-30-14-42-28)21(36(17)25(19)38)26(39)41-22(15-8-4-2-5-9-15)16-10-6-3-7-11-16/h2-11,14,17,19,22H,12-13H2,1H3,(H,31,37)(H2,29,32,35)/b34-20-. The van der Waals surface area contributed by atoms with Crippen LogP contribution in [0.15, 0.2) is 86.3 Å². The van der Waals surface area contributed by atoms with E-state index in [4.69, 9.17) is 15.3 Å². The Hall–Kier alpha value is -4.67. The summed E-state index contributed by atoms with van der Waals surface area (Å²) in [6, 6.07) is 17.3. The first-order valence-electron chi connectivity index (χ1n) is 13.3. The number of amides is 2. The zero-order valence-electron chi connectivity index (χ0n) is 23.0. The molecule has 6 rings (SSSR count). The Morgan fingerprint density at radius 2 is 1.84 bits per heavy atom. The van der Waals surface area contributed by atoms with Crippen molar-refractivity contribution in [2.24, 2.45) is 5.16 Å². The van der Waals surface area contributed by atoms with E-state index in [0.717, 1.165) is 22.7 Å². The van der Waals surface area contributed by atoms with Crippen molar-refractivity contribution in [3.05, 3.63) is 93.7 Å². The molecule has 1 fully saturated rings. The van der Waals surface area contributed by atoms with Gasteiger partial charge < -0.3 is 20.6 Å². The van der Waals surface area contributed by atoms with E-state index in [-0.39, 0.29) is 22.4 Å². The summed E-state index contributed by atoms with van der Waals surface area (Å²) in [6.07, 6.45) is 0.206. The van der Waals surface area contributed by atoms with Gasteiger partial charge in [0, 0.05) is 16.4 Å². The first-order chi connectivity index (χ1) is 21.4. The van der Waals surface area contributed by atoms with E-state index in [1.165, 1.54) is 35.1 Å². The largest absolute Gasteiger partial charge is 0.448 e. The third-order valence-corrected chi connectivity index (χ3v) is 9.37. The number of nitrogens with two attached hydrogens (primary N) is 1. The second kappa shape index (κ2) is 12.9. The molecule has 2 unspecified atom stereocenters. The Morgan fingerprint density at radius 3 is 2.43 bits per heavy atom. The highest BCUT2D eigenvalue weighted by atomic mass is 32.2. The smallest absolute Gasteiger partial charge is 0.356 e. The first kappa shape index (κ1) is 29.4. The number of nitrogens with one attached hydrogen (secondary N) is 1. The molecule has 44 heavy (non-hydrogen) atoms. The van der Waals surface area contributed by atoms with Gasteiger partial charge in [0.15, 0.2) is 15.6 Å². The highest BCUT2D eigenvalue weighted by molar-refractivity contribution is 8.04. The molecular weight excluding hydrogens is 625 g/mol. The van der Waals surface area contributed by atoms with Crippen LogP contribution in [-0.2, 0) is 24.0 Å². The number of thioether (sulfide) groups is 1. The molecule has 1 saturated heterocycles. The van der Waals surface area contributed by atoms with Gasteiger partial charge in [-0.1, -0.05) is 88.9 Å². The number of carbonyl (C=O) groups excluding carboxylic acids is 3. The molecule has 3 N–H and O–H groups in total. The lowest BCUT2D eigenvalue weighted by Crippen LogP contribution is -2.72. The molecule has 16 heteroatoms. The van der Waals surface area contributed by atoms with Crippen LogP contribution in [-0.4, -0.2) is 67.1 Å². The van der Waals surface area contributed by atoms with Crippen LogP contribution in [0.2, 0.25) is 0 Å². The average Bonchev–Trinajstić information content (AvgIpc) is 3.73. The molecule has 2 aromatic carbocycles. The summed E-state index contributed by atoms with van der Waals surface area (Å²) in [6.45, 7) is 0. The van der Waals surface area contributed by atoms with Gasteiger partial charge >= 0.3 is 5.97 Å². The Labute approximate surface area is 263 Å². The van der Waals surface area contributed by atoms with Gasteiger partial charge in [-0.15, -0.1) is 10.2 Å². The number of β-lactam (4-membered cyclic amide) rings is 1. The maximum atomic E-state index is 14.1. The number of nitrogen functional groups attached to an aromatic ring is 1. The number of anilines is 1. The van der Waals surface area contributed by atoms with Crippen LogP contribution < -0.4 is 11.1 Å². The number of ether oxygens (including phenoxy) is 1. The molecule has 4 aromatic rings. The predicted octanol–water partition coefficient (Wildman–Crippen LogP) is 3.15. The summed E-state index contributed by atoms with van der Waals surface area (Å²) in [5.74, 6) is -1.87. The second-order valence-corrected chi connectivity index (χ2v) is 12.5. The van der Waals surface area contributed by atoms with Crippen LogP contribution >= 0.6 is 34.6 Å². The molecule has 224 valence electrons. The molecule has 2 aliphatic rings. The van der Waals surface area contributed by atoms with Gasteiger partial charge in [-0.3, -0.25) is 14.5 Å². The van der Waals surface area contributed by atoms with E-state index >= 15 is 0 Å². The maximum absolute atomic E-state index is 14.1. The van der Waals surface area contributed by atoms with Crippen molar-refractivity contribution >= 4 is 63.3 Å². The molecule has 0 bridgehead atoms. The van der Waals surface area contributed by atoms with Crippen molar-refractivity contribution in [3.8, 4) is 0 Å². The number of hydrogen-bond acceptors (Lipinski definition) is 14. The molecule has 0 spiro atoms. The van der Waals surface area contributed by atoms with Gasteiger partial charge in [0.2, 0.25) is 11.5 Å². The highest BCUT2D eigenvalue weighted by Gasteiger charge is 2.54. The number of fused-ring (bicyclic) bond motifs is 1. The van der Waals surface area contributed by atoms with E-state index in [9.17, 15) is 14.4 Å². The van der Waals surface area contributed by atoms with Crippen molar-refractivity contribution in [2.45, 2.75) is 35.4 Å². The summed E-state index contributed by atoms with van der Waals surface area (Å²) in [4.78, 5) is 51.8. The molecule has 2 aliphatic heterocycles. The second-order valence-electron chi connectivity index (χ2n) is 9.53. The van der Waals surface area contributed by atoms with Gasteiger partial charge in [0.05, 0.1) is 6.04 Å². The van der Waals surface area contributed by atoms with Crippen LogP contribution in [0.5, 0.6) is 0 Å². The fourth-order valence-corrected chi connectivity index (χ4v) is 7.13. The molecule has 2 atom stereocenters. The minimum absolute atomic E-state index is 0.0214. The van der Waals surface area contributed by atoms with Crippen molar-refractivity contribution in [2.75, 3.05) is 12.8 Å². The van der Waals surface area contributed by atoms with Crippen molar-refractivity contribution in [1.82, 2.24) is 29.8 Å². The Kier molecular flexibility index (Phi) is 8.63. The van der Waals surface area contributed by atoms with Crippen LogP contribution in [0.1, 0.15) is 35.9 Å². The van der Waals surface area contributed by atoms with E-state index in [1.54, 1.807) is 5.51 Å². The number of rotatable bonds is 10. The predicted molar refractivity (Wildman–Crippen MR) is 163 cm³/mol. The first-order valence-corrected chi connectivity index (χ1v) is 15.7. The van der Waals surface area contributed by atoms with Gasteiger partial charge in [-0.25, -0.2) is 4.79 Å². The number of carbonyl (C=O) groups is 3. The number of hydrogen-bond donors (Lipinski definition) is 2. The molecular formula is C28H24N8O5S3. The van der Waals surface area contributed by atoms with E-state index in [2.05, 4.69) is 30.0 Å². The number of aromatic nitrogens is 4. The SMILES string of the molecule is CO/N=C(\C(=O)NC1C(=O)N2C(C(=O)OC(c3ccccc3)c3ccccc3)=C(Sc3nncs3)CCC12)c1nsc(N)n1. The Morgan fingerprint density at radius 1 is 1.14 bits per heavy atom. The van der Waals surface area contributed by atoms with Crippen LogP contribution in [0.3, 0.4) is 0 Å². The number of oxime groups is 1. The number of nitrogens with zero attached hydrogens (tertiary/aromatic N) is 6. The lowest BCUT2D eigenvalue weighted by Gasteiger charge is -2.50. The number of benzene rings is 2. The summed E-state index contributed by atoms with van der Waals surface area (Å²) < 4.78 is 10.8. The lowest BCUT2D eigenvalue weighted by molar-refractivity contribution is -0.158. The summed E-state index contributed by atoms with van der Waals surface area (Å²) in [5.41, 5.74) is 8.72. The van der Waals surface area contributed by atoms with Crippen LogP contribution in [0.4, 0.5) is 5.13 Å². The van der Waals surface area contributed by atoms with Crippen LogP contribution in [0, 0.1) is 0 Å². The zero-order chi connectivity index (χ0) is 30.6. The third kappa shape index (κ3) is 5.91. The minimum Gasteiger partial charge on any atom is -0.448 e. The molecule has 13 nitrogen and oxygen atoms in total. The third-order valence-electron chi connectivity index (χ3n) is 6.90. The molecule has 0 aliphatic carbocycles. The zero-order valence-corrected chi connectivity index (χ0v) is 25.5. The highest BCUT2D eigenvalue weighted by Crippen LogP contribution is 2.44. The van der Waals surface area contributed by atoms with E-state index in [0.29, 0.717) is 22.1 Å². The number of esters is 1. The summed E-state index contributed by atoms with van der Waals surface area (Å²) in [7, 11) is 1.28. The van der Waals surface area contributed by atoms with Gasteiger partial charge in [-0.05, 0) is 24.0 Å². The fraction of sp³-hybridized carbons (Fsp3) is 0.214. The van der Waals surface area contributed by atoms with Gasteiger partial charge in [-0.2, -0.15) is 9.36 Å². The molecule has 4 heterocycles. The molecule has 0 saturated carbocycles. The quantitative estimate of drug-likeness (QED) is 0.112. The Bertz CT molecular complexity index is 1690. The van der Waals surface area contributed by atoms with Crippen LogP contribution in [0.25, 0.3) is 0 Å². The van der Waals surface area contributed by atoms with E-state index in [1.807, 2.05) is 60.7 Å². The minimum atomic E-state index is -0.921. The summed E-state index contributed by atoms with van der Waals surface area (Å²) in [5, 5.41) is 14.6. The fourth-order valence-electron chi connectivity index (χ4n) is 4.99. The lowest BCUT2D eigenvalue weighted by atomic mass is 9.86.